The Labute approximate surface area is 197 Å². The van der Waals surface area contributed by atoms with Gasteiger partial charge in [0.15, 0.2) is 0 Å². The predicted molar refractivity (Wildman–Crippen MR) is 126 cm³/mol. The molecule has 34 heavy (non-hydrogen) atoms. The van der Waals surface area contributed by atoms with E-state index in [1.165, 1.54) is 30.3 Å². The summed E-state index contributed by atoms with van der Waals surface area (Å²) >= 11 is 0. The minimum Gasteiger partial charge on any atom is -0.744 e. The molecule has 0 unspecified atom stereocenters. The third kappa shape index (κ3) is 5.68. The fourth-order valence-corrected chi connectivity index (χ4v) is 4.45. The molecular weight excluding hydrogens is 460 g/mol. The number of hydrazone groups is 1. The highest BCUT2D eigenvalue weighted by Crippen LogP contribution is 2.35. The van der Waals surface area contributed by atoms with E-state index in [0.29, 0.717) is 18.9 Å². The second kappa shape index (κ2) is 10.2. The third-order valence-corrected chi connectivity index (χ3v) is 6.43. The average molecular weight is 484 g/mol. The van der Waals surface area contributed by atoms with Gasteiger partial charge < -0.3 is 14.2 Å². The first-order valence-electron chi connectivity index (χ1n) is 10.7. The van der Waals surface area contributed by atoms with Gasteiger partial charge in [0.1, 0.15) is 10.1 Å². The van der Waals surface area contributed by atoms with Gasteiger partial charge in [-0.15, -0.1) is 0 Å². The van der Waals surface area contributed by atoms with E-state index in [0.717, 1.165) is 48.3 Å². The lowest BCUT2D eigenvalue weighted by Gasteiger charge is -2.31. The second-order valence-corrected chi connectivity index (χ2v) is 9.22. The molecule has 1 fully saturated rings. The molecule has 0 aromatic heterocycles. The second-order valence-electron chi connectivity index (χ2n) is 7.84. The highest BCUT2D eigenvalue weighted by molar-refractivity contribution is 7.85. The molecule has 1 heterocycles. The normalized spacial score (nSPS) is 18.1. The molecule has 1 aliphatic heterocycles. The van der Waals surface area contributed by atoms with Gasteiger partial charge in [0.05, 0.1) is 34.9 Å². The molecule has 10 nitrogen and oxygen atoms in total. The van der Waals surface area contributed by atoms with E-state index in [1.54, 1.807) is 18.3 Å². The minimum absolute atomic E-state index is 0.0473. The molecule has 0 amide bonds. The Hall–Kier alpha value is -3.54. The van der Waals surface area contributed by atoms with E-state index < -0.39 is 15.0 Å². The monoisotopic (exact) mass is 483 g/mol. The summed E-state index contributed by atoms with van der Waals surface area (Å²) in [5.74, 6) is 0. The van der Waals surface area contributed by atoms with Crippen LogP contribution in [0.4, 0.5) is 11.4 Å². The molecule has 0 spiro atoms. The summed E-state index contributed by atoms with van der Waals surface area (Å²) in [6, 6.07) is 12.0. The number of hydrogen-bond acceptors (Lipinski definition) is 9. The molecule has 2 aromatic carbocycles. The van der Waals surface area contributed by atoms with E-state index in [2.05, 4.69) is 15.4 Å². The third-order valence-electron chi connectivity index (χ3n) is 5.58. The van der Waals surface area contributed by atoms with Crippen LogP contribution in [0.3, 0.4) is 0 Å². The van der Waals surface area contributed by atoms with Gasteiger partial charge in [-0.2, -0.15) is 5.10 Å². The zero-order valence-electron chi connectivity index (χ0n) is 18.2. The average Bonchev–Trinajstić information content (AvgIpc) is 3.21. The fourth-order valence-electron chi connectivity index (χ4n) is 3.98. The van der Waals surface area contributed by atoms with Crippen molar-refractivity contribution in [3.05, 3.63) is 81.1 Å². The number of hydrogen-bond donors (Lipinski definition) is 1. The van der Waals surface area contributed by atoms with Crippen LogP contribution < -0.4 is 5.43 Å². The van der Waals surface area contributed by atoms with Crippen molar-refractivity contribution in [2.45, 2.75) is 17.7 Å². The van der Waals surface area contributed by atoms with Crippen LogP contribution in [-0.4, -0.2) is 55.3 Å². The maximum absolute atomic E-state index is 11.1. The summed E-state index contributed by atoms with van der Waals surface area (Å²) in [4.78, 5) is 12.7. The van der Waals surface area contributed by atoms with Crippen LogP contribution in [0, 0.1) is 10.1 Å². The molecule has 0 radical (unpaired) electrons. The Morgan fingerprint density at radius 1 is 1.09 bits per heavy atom. The standard InChI is InChI=1S/C23H24N4O6S/c28-27(29)21-3-1-2-17(15-21)14-18-4-5-19(23(18)26-10-12-33-13-11-26)16-24-25-20-6-8-22(9-7-20)34(30,31)32/h1-3,6-9,14-16,25H,4-5,10-13H2,(H,30,31,32)/p-1/b18-14+,24-16-. The molecule has 0 saturated carbocycles. The Morgan fingerprint density at radius 2 is 1.82 bits per heavy atom. The SMILES string of the molecule is O=[N+]([O-])c1cccc(/C=C2\CCC(/C=N\Nc3ccc(S(=O)(=O)[O-])cc3)=C2N2CCOCC2)c1. The quantitative estimate of drug-likeness (QED) is 0.274. The molecule has 1 N–H and O–H groups in total. The van der Waals surface area contributed by atoms with E-state index >= 15 is 0 Å². The maximum atomic E-state index is 11.1. The Morgan fingerprint density at radius 3 is 2.50 bits per heavy atom. The number of non-ortho nitro benzene ring substituents is 1. The Kier molecular flexibility index (Phi) is 7.06. The number of ether oxygens (including phenoxy) is 1. The lowest BCUT2D eigenvalue weighted by molar-refractivity contribution is -0.384. The van der Waals surface area contributed by atoms with E-state index in [9.17, 15) is 23.1 Å². The number of rotatable bonds is 7. The van der Waals surface area contributed by atoms with E-state index in [1.807, 2.05) is 12.1 Å². The summed E-state index contributed by atoms with van der Waals surface area (Å²) in [5, 5.41) is 15.4. The van der Waals surface area contributed by atoms with Crippen molar-refractivity contribution in [3.8, 4) is 0 Å². The van der Waals surface area contributed by atoms with Crippen LogP contribution >= 0.6 is 0 Å². The van der Waals surface area contributed by atoms with Crippen molar-refractivity contribution < 1.29 is 22.6 Å². The number of nitro groups is 1. The number of benzene rings is 2. The van der Waals surface area contributed by atoms with Gasteiger partial charge in [-0.05, 0) is 59.9 Å². The van der Waals surface area contributed by atoms with Crippen LogP contribution in [0.2, 0.25) is 0 Å². The summed E-state index contributed by atoms with van der Waals surface area (Å²) in [6.45, 7) is 2.70. The first kappa shape index (κ1) is 23.6. The lowest BCUT2D eigenvalue weighted by Crippen LogP contribution is -2.36. The highest BCUT2D eigenvalue weighted by atomic mass is 32.2. The van der Waals surface area contributed by atoms with Gasteiger partial charge in [0.2, 0.25) is 0 Å². The van der Waals surface area contributed by atoms with Crippen LogP contribution in [0.15, 0.2) is 75.4 Å². The molecule has 4 rings (SSSR count). The molecule has 2 aliphatic rings. The number of nitrogens with one attached hydrogen (secondary N) is 1. The smallest absolute Gasteiger partial charge is 0.270 e. The molecular formula is C23H23N4O6S-. The first-order chi connectivity index (χ1) is 16.3. The zero-order chi connectivity index (χ0) is 24.1. The van der Waals surface area contributed by atoms with E-state index in [-0.39, 0.29) is 10.6 Å². The largest absolute Gasteiger partial charge is 0.744 e. The fraction of sp³-hybridized carbons (Fsp3) is 0.261. The van der Waals surface area contributed by atoms with Gasteiger partial charge in [-0.3, -0.25) is 15.5 Å². The Bertz CT molecular complexity index is 1260. The van der Waals surface area contributed by atoms with Crippen LogP contribution in [0.1, 0.15) is 18.4 Å². The molecule has 0 bridgehead atoms. The summed E-state index contributed by atoms with van der Waals surface area (Å²) in [5.41, 5.74) is 7.36. The molecule has 1 saturated heterocycles. The van der Waals surface area contributed by atoms with Gasteiger partial charge in [-0.25, -0.2) is 8.42 Å². The topological polar surface area (TPSA) is 137 Å². The summed E-state index contributed by atoms with van der Waals surface area (Å²) in [7, 11) is -4.50. The van der Waals surface area contributed by atoms with Gasteiger partial charge in [0.25, 0.3) is 5.69 Å². The van der Waals surface area contributed by atoms with Gasteiger partial charge >= 0.3 is 0 Å². The molecule has 2 aromatic rings. The van der Waals surface area contributed by atoms with Crippen LogP contribution in [-0.2, 0) is 14.9 Å². The van der Waals surface area contributed by atoms with Crippen molar-refractivity contribution in [1.29, 1.82) is 0 Å². The van der Waals surface area contributed by atoms with Crippen molar-refractivity contribution in [2.75, 3.05) is 31.7 Å². The lowest BCUT2D eigenvalue weighted by atomic mass is 10.1. The maximum Gasteiger partial charge on any atom is 0.270 e. The highest BCUT2D eigenvalue weighted by Gasteiger charge is 2.25. The zero-order valence-corrected chi connectivity index (χ0v) is 19.0. The summed E-state index contributed by atoms with van der Waals surface area (Å²) < 4.78 is 38.7. The predicted octanol–water partition coefficient (Wildman–Crippen LogP) is 3.36. The number of nitro benzene ring substituents is 1. The minimum atomic E-state index is -4.50. The van der Waals surface area contributed by atoms with E-state index in [4.69, 9.17) is 4.74 Å². The number of nitrogens with zero attached hydrogens (tertiary/aromatic N) is 3. The molecule has 0 atom stereocenters. The van der Waals surface area contributed by atoms with Crippen LogP contribution in [0.25, 0.3) is 6.08 Å². The molecule has 178 valence electrons. The van der Waals surface area contributed by atoms with Crippen molar-refractivity contribution >= 4 is 33.8 Å². The van der Waals surface area contributed by atoms with Gasteiger partial charge in [0, 0.05) is 30.9 Å². The van der Waals surface area contributed by atoms with Crippen LogP contribution in [0.5, 0.6) is 0 Å². The number of morpholine rings is 1. The molecule has 11 heteroatoms. The van der Waals surface area contributed by atoms with Crippen molar-refractivity contribution in [3.63, 3.8) is 0 Å². The first-order valence-corrected chi connectivity index (χ1v) is 12.1. The van der Waals surface area contributed by atoms with Crippen molar-refractivity contribution in [2.24, 2.45) is 5.10 Å². The summed E-state index contributed by atoms with van der Waals surface area (Å²) in [6.07, 6.45) is 5.24. The Balaban J connectivity index is 1.59. The van der Waals surface area contributed by atoms with Gasteiger partial charge in [-0.1, -0.05) is 12.1 Å². The number of allylic oxidation sites excluding steroid dienone is 2. The number of anilines is 1. The van der Waals surface area contributed by atoms with Crippen molar-refractivity contribution in [1.82, 2.24) is 4.90 Å². The molecule has 1 aliphatic carbocycles.